The van der Waals surface area contributed by atoms with Crippen LogP contribution in [0.4, 0.5) is 0 Å². The quantitative estimate of drug-likeness (QED) is 0.0529. The SMILES string of the molecule is CCCCCCCCCCCCCCCC(=O)OC[C@H](O)CO[C@H]1O[C@H](CO)[C@@H](OCc2ccccc2)[C@H](OCc2ccccc2)[C@H]1OCc1ccccc1. The lowest BCUT2D eigenvalue weighted by molar-refractivity contribution is -0.329. The van der Waals surface area contributed by atoms with Crippen molar-refractivity contribution in [3.05, 3.63) is 108 Å². The van der Waals surface area contributed by atoms with Crippen molar-refractivity contribution in [1.82, 2.24) is 0 Å². The van der Waals surface area contributed by atoms with Crippen molar-refractivity contribution in [1.29, 1.82) is 0 Å². The molecule has 0 spiro atoms. The molecule has 3 aromatic carbocycles. The molecule has 0 aromatic heterocycles. The molecule has 0 saturated carbocycles. The Kier molecular flexibility index (Phi) is 22.2. The van der Waals surface area contributed by atoms with Gasteiger partial charge in [0.1, 0.15) is 37.1 Å². The molecule has 9 nitrogen and oxygen atoms in total. The molecule has 3 aromatic rings. The van der Waals surface area contributed by atoms with Crippen molar-refractivity contribution >= 4 is 5.97 Å². The highest BCUT2D eigenvalue weighted by Gasteiger charge is 2.49. The third-order valence-electron chi connectivity index (χ3n) is 10.0. The molecule has 6 atom stereocenters. The molecule has 0 unspecified atom stereocenters. The Morgan fingerprint density at radius 3 is 1.49 bits per heavy atom. The van der Waals surface area contributed by atoms with Gasteiger partial charge in [-0.2, -0.15) is 0 Å². The third kappa shape index (κ3) is 17.7. The summed E-state index contributed by atoms with van der Waals surface area (Å²) >= 11 is 0. The number of hydrogen-bond donors (Lipinski definition) is 2. The minimum atomic E-state index is -1.09. The minimum Gasteiger partial charge on any atom is -0.463 e. The summed E-state index contributed by atoms with van der Waals surface area (Å²) in [6.07, 6.45) is 11.3. The summed E-state index contributed by atoms with van der Waals surface area (Å²) in [4.78, 5) is 12.5. The predicted molar refractivity (Wildman–Crippen MR) is 214 cm³/mol. The van der Waals surface area contributed by atoms with Crippen LogP contribution in [0.5, 0.6) is 0 Å². The van der Waals surface area contributed by atoms with Crippen molar-refractivity contribution in [3.8, 4) is 0 Å². The van der Waals surface area contributed by atoms with Crippen LogP contribution < -0.4 is 0 Å². The first-order valence-corrected chi connectivity index (χ1v) is 20.8. The van der Waals surface area contributed by atoms with Crippen LogP contribution in [0, 0.1) is 0 Å². The van der Waals surface area contributed by atoms with Gasteiger partial charge in [0.15, 0.2) is 6.29 Å². The Hall–Kier alpha value is -3.15. The first-order chi connectivity index (χ1) is 27.1. The van der Waals surface area contributed by atoms with Crippen molar-refractivity contribution in [3.63, 3.8) is 0 Å². The van der Waals surface area contributed by atoms with E-state index in [0.29, 0.717) is 6.42 Å². The maximum atomic E-state index is 12.5. The van der Waals surface area contributed by atoms with E-state index in [1.54, 1.807) is 0 Å². The largest absolute Gasteiger partial charge is 0.463 e. The van der Waals surface area contributed by atoms with Gasteiger partial charge in [0.05, 0.1) is 33.0 Å². The highest BCUT2D eigenvalue weighted by atomic mass is 16.7. The number of carbonyl (C=O) groups is 1. The molecule has 1 saturated heterocycles. The smallest absolute Gasteiger partial charge is 0.305 e. The fourth-order valence-corrected chi connectivity index (χ4v) is 6.83. The van der Waals surface area contributed by atoms with E-state index in [1.165, 1.54) is 64.2 Å². The molecule has 1 fully saturated rings. The van der Waals surface area contributed by atoms with Gasteiger partial charge in [-0.1, -0.05) is 175 Å². The first kappa shape index (κ1) is 44.6. The highest BCUT2D eigenvalue weighted by Crippen LogP contribution is 2.31. The maximum absolute atomic E-state index is 12.5. The molecule has 0 aliphatic carbocycles. The molecule has 2 N–H and O–H groups in total. The number of aliphatic hydroxyl groups excluding tert-OH is 2. The zero-order valence-corrected chi connectivity index (χ0v) is 33.0. The van der Waals surface area contributed by atoms with Crippen LogP contribution in [0.3, 0.4) is 0 Å². The fraction of sp³-hybridized carbons (Fsp3) is 0.587. The Bertz CT molecular complexity index is 1380. The molecule has 4 rings (SSSR count). The van der Waals surface area contributed by atoms with E-state index in [4.69, 9.17) is 28.4 Å². The summed E-state index contributed by atoms with van der Waals surface area (Å²) in [6, 6.07) is 29.3. The number of hydrogen-bond acceptors (Lipinski definition) is 9. The first-order valence-electron chi connectivity index (χ1n) is 20.8. The van der Waals surface area contributed by atoms with Crippen LogP contribution in [0.15, 0.2) is 91.0 Å². The Morgan fingerprint density at radius 1 is 0.582 bits per heavy atom. The van der Waals surface area contributed by atoms with Gasteiger partial charge in [0.2, 0.25) is 0 Å². The van der Waals surface area contributed by atoms with Gasteiger partial charge in [-0.05, 0) is 23.1 Å². The minimum absolute atomic E-state index is 0.180. The van der Waals surface area contributed by atoms with E-state index in [0.717, 1.165) is 36.0 Å². The van der Waals surface area contributed by atoms with Gasteiger partial charge < -0.3 is 38.6 Å². The Morgan fingerprint density at radius 2 is 1.02 bits per heavy atom. The maximum Gasteiger partial charge on any atom is 0.305 e. The van der Waals surface area contributed by atoms with Gasteiger partial charge in [0, 0.05) is 6.42 Å². The van der Waals surface area contributed by atoms with Gasteiger partial charge in [-0.3, -0.25) is 4.79 Å². The van der Waals surface area contributed by atoms with Crippen LogP contribution in [0.1, 0.15) is 114 Å². The molecule has 0 amide bonds. The number of aliphatic hydroxyl groups is 2. The van der Waals surface area contributed by atoms with Crippen LogP contribution >= 0.6 is 0 Å². The third-order valence-corrected chi connectivity index (χ3v) is 10.0. The van der Waals surface area contributed by atoms with Gasteiger partial charge in [-0.15, -0.1) is 0 Å². The summed E-state index contributed by atoms with van der Waals surface area (Å²) in [6.45, 7) is 2.32. The average Bonchev–Trinajstić information content (AvgIpc) is 3.22. The van der Waals surface area contributed by atoms with E-state index in [1.807, 2.05) is 91.0 Å². The zero-order valence-electron chi connectivity index (χ0n) is 33.0. The highest BCUT2D eigenvalue weighted by molar-refractivity contribution is 5.69. The van der Waals surface area contributed by atoms with E-state index in [-0.39, 0.29) is 45.6 Å². The van der Waals surface area contributed by atoms with Crippen molar-refractivity contribution in [2.75, 3.05) is 19.8 Å². The topological polar surface area (TPSA) is 113 Å². The standard InChI is InChI=1S/C46H66O9/c1-2-3-4-5-6-7-8-9-10-11-12-13-23-30-42(49)50-35-40(48)36-54-46-45(53-34-39-28-21-16-22-29-39)44(52-33-38-26-19-15-20-27-38)43(41(31-47)55-46)51-32-37-24-17-14-18-25-37/h14-22,24-29,40-41,43-48H,2-13,23,30-36H2,1H3/t40-,41+,43+,44-,45+,46-/m0/s1. The summed E-state index contributed by atoms with van der Waals surface area (Å²) in [5.41, 5.74) is 2.88. The lowest BCUT2D eigenvalue weighted by atomic mass is 9.98. The molecule has 304 valence electrons. The molecule has 1 heterocycles. The number of unbranched alkanes of at least 4 members (excludes halogenated alkanes) is 12. The number of rotatable bonds is 29. The van der Waals surface area contributed by atoms with Gasteiger partial charge in [-0.25, -0.2) is 0 Å². The molecule has 0 radical (unpaired) electrons. The lowest BCUT2D eigenvalue weighted by Crippen LogP contribution is -2.61. The normalized spacial score (nSPS) is 20.3. The van der Waals surface area contributed by atoms with Crippen LogP contribution in [0.2, 0.25) is 0 Å². The average molecular weight is 763 g/mol. The Labute approximate surface area is 329 Å². The molecule has 1 aliphatic heterocycles. The second-order valence-corrected chi connectivity index (χ2v) is 14.7. The second kappa shape index (κ2) is 27.4. The number of ether oxygens (including phenoxy) is 6. The number of esters is 1. The molecule has 1 aliphatic rings. The van der Waals surface area contributed by atoms with Gasteiger partial charge >= 0.3 is 5.97 Å². The fourth-order valence-electron chi connectivity index (χ4n) is 6.83. The summed E-state index contributed by atoms with van der Waals surface area (Å²) in [7, 11) is 0. The molecule has 9 heteroatoms. The molecular weight excluding hydrogens is 696 g/mol. The molecular formula is C46H66O9. The second-order valence-electron chi connectivity index (χ2n) is 14.7. The van der Waals surface area contributed by atoms with Crippen molar-refractivity contribution < 1.29 is 43.4 Å². The monoisotopic (exact) mass is 762 g/mol. The lowest BCUT2D eigenvalue weighted by Gasteiger charge is -2.45. The van der Waals surface area contributed by atoms with Crippen LogP contribution in [-0.4, -0.2) is 72.8 Å². The van der Waals surface area contributed by atoms with Crippen LogP contribution in [-0.2, 0) is 53.0 Å². The molecule has 0 bridgehead atoms. The van der Waals surface area contributed by atoms with Crippen molar-refractivity contribution in [2.45, 2.75) is 153 Å². The Balaban J connectivity index is 1.27. The summed E-state index contributed by atoms with van der Waals surface area (Å²) < 4.78 is 37.3. The van der Waals surface area contributed by atoms with Crippen LogP contribution in [0.25, 0.3) is 0 Å². The van der Waals surface area contributed by atoms with E-state index in [9.17, 15) is 15.0 Å². The predicted octanol–water partition coefficient (Wildman–Crippen LogP) is 8.86. The van der Waals surface area contributed by atoms with Gasteiger partial charge in [0.25, 0.3) is 0 Å². The number of benzene rings is 3. The van der Waals surface area contributed by atoms with E-state index >= 15 is 0 Å². The zero-order chi connectivity index (χ0) is 38.8. The summed E-state index contributed by atoms with van der Waals surface area (Å²) in [5, 5.41) is 21.3. The molecule has 55 heavy (non-hydrogen) atoms. The summed E-state index contributed by atoms with van der Waals surface area (Å²) in [5.74, 6) is -0.326. The number of carbonyl (C=O) groups excluding carboxylic acids is 1. The van der Waals surface area contributed by atoms with Crippen molar-refractivity contribution in [2.24, 2.45) is 0 Å². The van der Waals surface area contributed by atoms with E-state index < -0.39 is 36.8 Å². The van der Waals surface area contributed by atoms with E-state index in [2.05, 4.69) is 6.92 Å².